The van der Waals surface area contributed by atoms with Crippen molar-refractivity contribution in [3.05, 3.63) is 29.8 Å². The van der Waals surface area contributed by atoms with Crippen molar-refractivity contribution >= 4 is 6.09 Å². The third-order valence-corrected chi connectivity index (χ3v) is 4.27. The minimum atomic E-state index is -4.36. The Balaban J connectivity index is 1.91. The topological polar surface area (TPSA) is 38.8 Å². The number of nitrogens with zero attached hydrogens (tertiary/aromatic N) is 1. The molecule has 1 aromatic carbocycles. The summed E-state index contributed by atoms with van der Waals surface area (Å²) in [5.41, 5.74) is -1.26. The smallest absolute Gasteiger partial charge is 0.416 e. The molecule has 2 rings (SSSR count). The normalized spacial score (nSPS) is 21.4. The number of alkyl halides is 3. The van der Waals surface area contributed by atoms with Crippen LogP contribution in [0.25, 0.3) is 0 Å². The third-order valence-electron chi connectivity index (χ3n) is 4.27. The first-order valence-electron chi connectivity index (χ1n) is 8.75. The van der Waals surface area contributed by atoms with Crippen LogP contribution in [0.3, 0.4) is 0 Å². The lowest BCUT2D eigenvalue weighted by Gasteiger charge is -2.38. The molecule has 1 aliphatic rings. The maximum Gasteiger partial charge on any atom is 0.416 e. The Kier molecular flexibility index (Phi) is 6.09. The molecule has 2 atom stereocenters. The molecule has 26 heavy (non-hydrogen) atoms. The number of halogens is 3. The van der Waals surface area contributed by atoms with Crippen molar-refractivity contribution in [2.75, 3.05) is 13.2 Å². The zero-order valence-electron chi connectivity index (χ0n) is 15.6. The Labute approximate surface area is 152 Å². The molecular formula is C19H26F3NO3. The van der Waals surface area contributed by atoms with Crippen LogP contribution in [0.1, 0.15) is 46.1 Å². The summed E-state index contributed by atoms with van der Waals surface area (Å²) in [5.74, 6) is 0.501. The quantitative estimate of drug-likeness (QED) is 0.738. The molecular weight excluding hydrogens is 347 g/mol. The Morgan fingerprint density at radius 2 is 1.77 bits per heavy atom. The van der Waals surface area contributed by atoms with Gasteiger partial charge in [0.25, 0.3) is 0 Å². The number of carbonyl (C=O) groups excluding carboxylic acids is 1. The number of rotatable bonds is 3. The highest BCUT2D eigenvalue weighted by molar-refractivity contribution is 5.68. The van der Waals surface area contributed by atoms with Crippen molar-refractivity contribution in [2.45, 2.75) is 58.4 Å². The van der Waals surface area contributed by atoms with E-state index in [0.29, 0.717) is 18.9 Å². The monoisotopic (exact) mass is 373 g/mol. The first-order valence-corrected chi connectivity index (χ1v) is 8.75. The van der Waals surface area contributed by atoms with Crippen molar-refractivity contribution in [1.29, 1.82) is 0 Å². The van der Waals surface area contributed by atoms with Crippen molar-refractivity contribution in [3.63, 3.8) is 0 Å². The van der Waals surface area contributed by atoms with E-state index in [4.69, 9.17) is 9.47 Å². The zero-order chi connectivity index (χ0) is 19.5. The molecule has 146 valence electrons. The van der Waals surface area contributed by atoms with Crippen LogP contribution in [0, 0.1) is 5.92 Å². The number of hydrogen-bond donors (Lipinski definition) is 0. The van der Waals surface area contributed by atoms with Crippen molar-refractivity contribution in [3.8, 4) is 5.75 Å². The highest BCUT2D eigenvalue weighted by Crippen LogP contribution is 2.31. The van der Waals surface area contributed by atoms with Crippen LogP contribution in [-0.2, 0) is 10.9 Å². The van der Waals surface area contributed by atoms with E-state index in [1.807, 2.05) is 27.7 Å². The zero-order valence-corrected chi connectivity index (χ0v) is 15.6. The first-order chi connectivity index (χ1) is 12.0. The number of ether oxygens (including phenoxy) is 2. The molecule has 1 aromatic rings. The van der Waals surface area contributed by atoms with Gasteiger partial charge < -0.3 is 14.4 Å². The summed E-state index contributed by atoms with van der Waals surface area (Å²) < 4.78 is 48.8. The largest absolute Gasteiger partial charge is 0.493 e. The van der Waals surface area contributed by atoms with Crippen LogP contribution < -0.4 is 4.74 Å². The van der Waals surface area contributed by atoms with Gasteiger partial charge in [-0.1, -0.05) is 0 Å². The molecule has 0 unspecified atom stereocenters. The van der Waals surface area contributed by atoms with Gasteiger partial charge in [0.05, 0.1) is 12.2 Å². The van der Waals surface area contributed by atoms with E-state index in [0.717, 1.165) is 25.0 Å². The molecule has 7 heteroatoms. The summed E-state index contributed by atoms with van der Waals surface area (Å²) in [6.07, 6.45) is -2.97. The Morgan fingerprint density at radius 1 is 1.15 bits per heavy atom. The van der Waals surface area contributed by atoms with Gasteiger partial charge >= 0.3 is 12.3 Å². The summed E-state index contributed by atoms with van der Waals surface area (Å²) in [7, 11) is 0. The van der Waals surface area contributed by atoms with E-state index in [9.17, 15) is 18.0 Å². The highest BCUT2D eigenvalue weighted by Gasteiger charge is 2.33. The number of likely N-dealkylation sites (tertiary alicyclic amines) is 1. The van der Waals surface area contributed by atoms with Crippen LogP contribution >= 0.6 is 0 Å². The molecule has 0 saturated carbocycles. The number of benzene rings is 1. The maximum atomic E-state index is 12.6. The minimum absolute atomic E-state index is 0.0900. The summed E-state index contributed by atoms with van der Waals surface area (Å²) in [4.78, 5) is 14.0. The second-order valence-corrected chi connectivity index (χ2v) is 7.76. The van der Waals surface area contributed by atoms with Gasteiger partial charge in [-0.05, 0) is 64.8 Å². The lowest BCUT2D eigenvalue weighted by molar-refractivity contribution is -0.137. The fourth-order valence-corrected chi connectivity index (χ4v) is 2.85. The Morgan fingerprint density at radius 3 is 2.31 bits per heavy atom. The number of piperidine rings is 1. The van der Waals surface area contributed by atoms with Gasteiger partial charge in [-0.25, -0.2) is 4.79 Å². The molecule has 1 heterocycles. The molecule has 4 nitrogen and oxygen atoms in total. The van der Waals surface area contributed by atoms with Crippen LogP contribution in [0.15, 0.2) is 24.3 Å². The van der Waals surface area contributed by atoms with E-state index >= 15 is 0 Å². The standard InChI is InChI=1S/C19H26F3NO3/c1-13-5-6-14(11-23(13)17(24)26-18(2,3)4)12-25-16-9-7-15(8-10-16)19(20,21)22/h7-10,13-14H,5-6,11-12H2,1-4H3/t13-,14-/m0/s1. The molecule has 1 saturated heterocycles. The lowest BCUT2D eigenvalue weighted by atomic mass is 9.94. The van der Waals surface area contributed by atoms with Gasteiger partial charge in [0, 0.05) is 18.5 Å². The van der Waals surface area contributed by atoms with Crippen molar-refractivity contribution < 1.29 is 27.4 Å². The second kappa shape index (κ2) is 7.76. The number of carbonyl (C=O) groups is 1. The molecule has 1 fully saturated rings. The average Bonchev–Trinajstić information content (AvgIpc) is 2.52. The van der Waals surface area contributed by atoms with Crippen LogP contribution in [0.5, 0.6) is 5.75 Å². The average molecular weight is 373 g/mol. The van der Waals surface area contributed by atoms with Crippen LogP contribution in [-0.4, -0.2) is 35.8 Å². The van der Waals surface area contributed by atoms with Gasteiger partial charge in [-0.15, -0.1) is 0 Å². The van der Waals surface area contributed by atoms with Crippen molar-refractivity contribution in [2.24, 2.45) is 5.92 Å². The molecule has 0 aromatic heterocycles. The second-order valence-electron chi connectivity index (χ2n) is 7.76. The molecule has 0 aliphatic carbocycles. The number of amides is 1. The highest BCUT2D eigenvalue weighted by atomic mass is 19.4. The third kappa shape index (κ3) is 5.81. The van der Waals surface area contributed by atoms with Gasteiger partial charge in [-0.3, -0.25) is 0 Å². The van der Waals surface area contributed by atoms with E-state index < -0.39 is 17.3 Å². The van der Waals surface area contributed by atoms with Gasteiger partial charge in [0.1, 0.15) is 11.4 Å². The Hall–Kier alpha value is -1.92. The molecule has 0 spiro atoms. The van der Waals surface area contributed by atoms with Crippen molar-refractivity contribution in [1.82, 2.24) is 4.90 Å². The van der Waals surface area contributed by atoms with E-state index in [1.54, 1.807) is 4.90 Å². The Bertz CT molecular complexity index is 608. The van der Waals surface area contributed by atoms with E-state index in [2.05, 4.69) is 0 Å². The molecule has 0 radical (unpaired) electrons. The summed E-state index contributed by atoms with van der Waals surface area (Å²) in [5, 5.41) is 0. The molecule has 0 bridgehead atoms. The summed E-state index contributed by atoms with van der Waals surface area (Å²) in [6, 6.07) is 4.74. The van der Waals surface area contributed by atoms with Gasteiger partial charge in [-0.2, -0.15) is 13.2 Å². The fourth-order valence-electron chi connectivity index (χ4n) is 2.85. The lowest BCUT2D eigenvalue weighted by Crippen LogP contribution is -2.48. The molecule has 1 aliphatic heterocycles. The van der Waals surface area contributed by atoms with Gasteiger partial charge in [0.2, 0.25) is 0 Å². The van der Waals surface area contributed by atoms with Crippen LogP contribution in [0.4, 0.5) is 18.0 Å². The summed E-state index contributed by atoms with van der Waals surface area (Å²) in [6.45, 7) is 8.31. The predicted octanol–water partition coefficient (Wildman–Crippen LogP) is 5.12. The van der Waals surface area contributed by atoms with Gasteiger partial charge in [0.15, 0.2) is 0 Å². The fraction of sp³-hybridized carbons (Fsp3) is 0.632. The van der Waals surface area contributed by atoms with E-state index in [1.165, 1.54) is 12.1 Å². The maximum absolute atomic E-state index is 12.6. The first kappa shape index (κ1) is 20.4. The SMILES string of the molecule is C[C@H]1CC[C@H](COc2ccc(C(F)(F)F)cc2)CN1C(=O)OC(C)(C)C. The molecule has 0 N–H and O–H groups in total. The van der Waals surface area contributed by atoms with E-state index in [-0.39, 0.29) is 18.1 Å². The van der Waals surface area contributed by atoms with Crippen LogP contribution in [0.2, 0.25) is 0 Å². The number of hydrogen-bond acceptors (Lipinski definition) is 3. The predicted molar refractivity (Wildman–Crippen MR) is 92.1 cm³/mol. The minimum Gasteiger partial charge on any atom is -0.493 e. The molecule has 1 amide bonds. The summed E-state index contributed by atoms with van der Waals surface area (Å²) >= 11 is 0.